The Morgan fingerprint density at radius 1 is 1.33 bits per heavy atom. The third kappa shape index (κ3) is 1.62. The first-order valence-corrected chi connectivity index (χ1v) is 2.83. The van der Waals surface area contributed by atoms with E-state index in [9.17, 15) is 0 Å². The van der Waals surface area contributed by atoms with Gasteiger partial charge in [0.2, 0.25) is 12.6 Å². The summed E-state index contributed by atoms with van der Waals surface area (Å²) in [7, 11) is 0. The highest BCUT2D eigenvalue weighted by Crippen LogP contribution is 2.09. The number of ether oxygens (including phenoxy) is 2. The van der Waals surface area contributed by atoms with E-state index in [1.54, 1.807) is 6.92 Å². The van der Waals surface area contributed by atoms with Gasteiger partial charge in [-0.05, 0) is 6.92 Å². The molecule has 1 aliphatic rings. The van der Waals surface area contributed by atoms with Crippen LogP contribution in [0.5, 0.6) is 0 Å². The molecule has 4 nitrogen and oxygen atoms in total. The van der Waals surface area contributed by atoms with Crippen molar-refractivity contribution in [1.82, 2.24) is 0 Å². The molecule has 1 heterocycles. The van der Waals surface area contributed by atoms with Crippen LogP contribution in [-0.2, 0) is 9.47 Å². The minimum atomic E-state index is -1.19. The van der Waals surface area contributed by atoms with Crippen LogP contribution in [0.15, 0.2) is 0 Å². The Bertz CT molecular complexity index is 95.0. The smallest absolute Gasteiger partial charge is 0.207 e. The van der Waals surface area contributed by atoms with Crippen LogP contribution in [0.1, 0.15) is 6.92 Å². The van der Waals surface area contributed by atoms with Crippen LogP contribution in [0.25, 0.3) is 0 Å². The lowest BCUT2D eigenvalue weighted by Crippen LogP contribution is -2.42. The number of aliphatic hydroxyl groups is 2. The maximum Gasteiger partial charge on any atom is 0.207 e. The summed E-state index contributed by atoms with van der Waals surface area (Å²) in [5, 5.41) is 17.4. The minimum Gasteiger partial charge on any atom is -0.364 e. The molecule has 1 aliphatic heterocycles. The van der Waals surface area contributed by atoms with Crippen LogP contribution in [0.3, 0.4) is 0 Å². The Balaban J connectivity index is 2.35. The van der Waals surface area contributed by atoms with Crippen molar-refractivity contribution >= 4 is 0 Å². The lowest BCUT2D eigenvalue weighted by atomic mass is 10.4. The Hall–Kier alpha value is -0.160. The summed E-state index contributed by atoms with van der Waals surface area (Å²) in [5.41, 5.74) is 0. The Kier molecular flexibility index (Phi) is 2.02. The zero-order chi connectivity index (χ0) is 6.85. The van der Waals surface area contributed by atoms with E-state index in [2.05, 4.69) is 4.74 Å². The van der Waals surface area contributed by atoms with Crippen molar-refractivity contribution in [3.8, 4) is 0 Å². The first kappa shape index (κ1) is 6.95. The van der Waals surface area contributed by atoms with Gasteiger partial charge < -0.3 is 19.7 Å². The van der Waals surface area contributed by atoms with Crippen molar-refractivity contribution in [2.24, 2.45) is 0 Å². The molecule has 0 bridgehead atoms. The molecule has 0 unspecified atom stereocenters. The fourth-order valence-electron chi connectivity index (χ4n) is 0.661. The van der Waals surface area contributed by atoms with E-state index in [1.807, 2.05) is 0 Å². The van der Waals surface area contributed by atoms with Crippen LogP contribution >= 0.6 is 0 Å². The van der Waals surface area contributed by atoms with Crippen LogP contribution in [0.4, 0.5) is 0 Å². The zero-order valence-electron chi connectivity index (χ0n) is 5.15. The second kappa shape index (κ2) is 2.62. The molecule has 0 saturated carbocycles. The quantitative estimate of drug-likeness (QED) is 0.449. The summed E-state index contributed by atoms with van der Waals surface area (Å²) in [6, 6.07) is 0. The fraction of sp³-hybridized carbons (Fsp3) is 1.00. The highest BCUT2D eigenvalue weighted by molar-refractivity contribution is 4.58. The topological polar surface area (TPSA) is 58.9 Å². The van der Waals surface area contributed by atoms with Crippen LogP contribution < -0.4 is 0 Å². The lowest BCUT2D eigenvalue weighted by molar-refractivity contribution is -0.311. The van der Waals surface area contributed by atoms with Crippen molar-refractivity contribution in [3.05, 3.63) is 0 Å². The summed E-state index contributed by atoms with van der Waals surface area (Å²) in [6.45, 7) is 2.09. The molecule has 54 valence electrons. The molecule has 1 fully saturated rings. The molecule has 0 aromatic rings. The molecule has 2 N–H and O–H groups in total. The number of rotatable bonds is 0. The second-order valence-electron chi connectivity index (χ2n) is 2.06. The van der Waals surface area contributed by atoms with Gasteiger partial charge in [-0.1, -0.05) is 0 Å². The summed E-state index contributed by atoms with van der Waals surface area (Å²) in [5.74, 6) is 0. The average Bonchev–Trinajstić information content (AvgIpc) is 1.80. The SMILES string of the molecule is C[C@H]1CO[C@@H](O)[C@@H](O)O1. The summed E-state index contributed by atoms with van der Waals surface area (Å²) in [6.07, 6.45) is -2.50. The highest BCUT2D eigenvalue weighted by atomic mass is 16.7. The number of hydrogen-bond acceptors (Lipinski definition) is 4. The Morgan fingerprint density at radius 2 is 2.00 bits per heavy atom. The molecule has 0 aliphatic carbocycles. The van der Waals surface area contributed by atoms with Gasteiger partial charge in [0, 0.05) is 0 Å². The van der Waals surface area contributed by atoms with E-state index >= 15 is 0 Å². The first-order chi connectivity index (χ1) is 4.20. The maximum absolute atomic E-state index is 8.75. The summed E-state index contributed by atoms with van der Waals surface area (Å²) < 4.78 is 9.46. The van der Waals surface area contributed by atoms with E-state index in [4.69, 9.17) is 14.9 Å². The van der Waals surface area contributed by atoms with Gasteiger partial charge in [-0.2, -0.15) is 0 Å². The molecule has 1 rings (SSSR count). The number of aliphatic hydroxyl groups excluding tert-OH is 2. The molecule has 0 radical (unpaired) electrons. The fourth-order valence-corrected chi connectivity index (χ4v) is 0.661. The third-order valence-corrected chi connectivity index (χ3v) is 1.12. The van der Waals surface area contributed by atoms with Gasteiger partial charge in [0.05, 0.1) is 12.7 Å². The average molecular weight is 134 g/mol. The molecule has 9 heavy (non-hydrogen) atoms. The Labute approximate surface area is 53.0 Å². The standard InChI is InChI=1S/C5H10O4/c1-3-2-8-4(6)5(7)9-3/h3-7H,2H2,1H3/t3-,4+,5-/m0/s1. The van der Waals surface area contributed by atoms with Crippen LogP contribution in [-0.4, -0.2) is 35.5 Å². The van der Waals surface area contributed by atoms with Crippen molar-refractivity contribution < 1.29 is 19.7 Å². The molecule has 0 spiro atoms. The van der Waals surface area contributed by atoms with Gasteiger partial charge in [-0.25, -0.2) is 0 Å². The van der Waals surface area contributed by atoms with Gasteiger partial charge in [-0.3, -0.25) is 0 Å². The molecular formula is C5H10O4. The highest BCUT2D eigenvalue weighted by Gasteiger charge is 2.25. The molecule has 4 heteroatoms. The third-order valence-electron chi connectivity index (χ3n) is 1.12. The van der Waals surface area contributed by atoms with E-state index < -0.39 is 12.6 Å². The Morgan fingerprint density at radius 3 is 2.44 bits per heavy atom. The minimum absolute atomic E-state index is 0.136. The monoisotopic (exact) mass is 134 g/mol. The van der Waals surface area contributed by atoms with Crippen LogP contribution in [0.2, 0.25) is 0 Å². The van der Waals surface area contributed by atoms with Crippen molar-refractivity contribution in [1.29, 1.82) is 0 Å². The summed E-state index contributed by atoms with van der Waals surface area (Å²) >= 11 is 0. The van der Waals surface area contributed by atoms with Crippen LogP contribution in [0, 0.1) is 0 Å². The van der Waals surface area contributed by atoms with Gasteiger partial charge in [0.15, 0.2) is 0 Å². The van der Waals surface area contributed by atoms with Gasteiger partial charge >= 0.3 is 0 Å². The van der Waals surface area contributed by atoms with Crippen molar-refractivity contribution in [3.63, 3.8) is 0 Å². The van der Waals surface area contributed by atoms with Crippen molar-refractivity contribution in [2.75, 3.05) is 6.61 Å². The molecule has 0 aromatic carbocycles. The molecule has 0 amide bonds. The van der Waals surface area contributed by atoms with E-state index in [0.29, 0.717) is 6.61 Å². The van der Waals surface area contributed by atoms with Gasteiger partial charge in [0.25, 0.3) is 0 Å². The van der Waals surface area contributed by atoms with Crippen molar-refractivity contribution in [2.45, 2.75) is 25.6 Å². The lowest BCUT2D eigenvalue weighted by Gasteiger charge is -2.28. The predicted octanol–water partition coefficient (Wildman–Crippen LogP) is -0.942. The zero-order valence-corrected chi connectivity index (χ0v) is 5.15. The second-order valence-corrected chi connectivity index (χ2v) is 2.06. The van der Waals surface area contributed by atoms with Gasteiger partial charge in [-0.15, -0.1) is 0 Å². The molecule has 3 atom stereocenters. The van der Waals surface area contributed by atoms with E-state index in [0.717, 1.165) is 0 Å². The molecular weight excluding hydrogens is 124 g/mol. The number of hydrogen-bond donors (Lipinski definition) is 2. The summed E-state index contributed by atoms with van der Waals surface area (Å²) in [4.78, 5) is 0. The van der Waals surface area contributed by atoms with Gasteiger partial charge in [0.1, 0.15) is 0 Å². The van der Waals surface area contributed by atoms with E-state index in [-0.39, 0.29) is 6.10 Å². The predicted molar refractivity (Wildman–Crippen MR) is 28.5 cm³/mol. The maximum atomic E-state index is 8.75. The molecule has 0 aromatic heterocycles. The normalized spacial score (nSPS) is 45.0. The largest absolute Gasteiger partial charge is 0.364 e. The molecule has 1 saturated heterocycles. The first-order valence-electron chi connectivity index (χ1n) is 2.83. The van der Waals surface area contributed by atoms with E-state index in [1.165, 1.54) is 0 Å².